The molecule has 5 rings (SSSR count). The quantitative estimate of drug-likeness (QED) is 0.735. The van der Waals surface area contributed by atoms with Crippen molar-refractivity contribution in [1.82, 2.24) is 20.3 Å². The van der Waals surface area contributed by atoms with E-state index in [0.717, 1.165) is 48.5 Å². The first-order valence-electron chi connectivity index (χ1n) is 9.77. The minimum Gasteiger partial charge on any atom is -0.497 e. The molecule has 0 amide bonds. The van der Waals surface area contributed by atoms with Crippen molar-refractivity contribution in [3.63, 3.8) is 0 Å². The van der Waals surface area contributed by atoms with E-state index in [4.69, 9.17) is 4.74 Å². The minimum atomic E-state index is -0.516. The topological polar surface area (TPSA) is 72.2 Å². The van der Waals surface area contributed by atoms with E-state index in [1.807, 2.05) is 41.2 Å². The Hall–Kier alpha value is -2.70. The Balaban J connectivity index is 1.53. The number of nitrogens with zero attached hydrogens (tertiary/aromatic N) is 3. The highest BCUT2D eigenvalue weighted by molar-refractivity contribution is 5.59. The highest BCUT2D eigenvalue weighted by Crippen LogP contribution is 2.51. The number of benzene rings is 2. The first-order chi connectivity index (χ1) is 13.7. The third-order valence-electron chi connectivity index (χ3n) is 6.36. The Morgan fingerprint density at radius 3 is 2.61 bits per heavy atom. The molecule has 3 aromatic rings. The number of fused-ring (bicyclic) bond motifs is 2. The van der Waals surface area contributed by atoms with Crippen molar-refractivity contribution >= 4 is 0 Å². The molecule has 28 heavy (non-hydrogen) atoms. The van der Waals surface area contributed by atoms with Crippen molar-refractivity contribution in [3.05, 3.63) is 65.9 Å². The van der Waals surface area contributed by atoms with Crippen LogP contribution in [0.25, 0.3) is 11.3 Å². The Kier molecular flexibility index (Phi) is 4.18. The number of nitrogens with one attached hydrogen (secondary N) is 1. The van der Waals surface area contributed by atoms with Gasteiger partial charge in [-0.05, 0) is 61.3 Å². The summed E-state index contributed by atoms with van der Waals surface area (Å²) in [5.41, 5.74) is 3.97. The smallest absolute Gasteiger partial charge is 0.118 e. The number of piperidine rings is 1. The van der Waals surface area contributed by atoms with Crippen molar-refractivity contribution in [3.8, 4) is 17.0 Å². The molecule has 0 bridgehead atoms. The molecular formula is C22H24N4O2. The molecular weight excluding hydrogens is 352 g/mol. The third kappa shape index (κ3) is 2.56. The summed E-state index contributed by atoms with van der Waals surface area (Å²) in [6, 6.07) is 16.0. The maximum atomic E-state index is 11.5. The molecule has 0 unspecified atom stereocenters. The number of aliphatic hydroxyl groups excluding tert-OH is 1. The second kappa shape index (κ2) is 6.72. The first kappa shape index (κ1) is 17.4. The number of ether oxygens (including phenoxy) is 1. The van der Waals surface area contributed by atoms with E-state index in [-0.39, 0.29) is 11.5 Å². The van der Waals surface area contributed by atoms with Crippen molar-refractivity contribution in [2.45, 2.75) is 30.4 Å². The lowest BCUT2D eigenvalue weighted by Gasteiger charge is -2.38. The molecule has 2 atom stereocenters. The molecule has 1 aliphatic carbocycles. The summed E-state index contributed by atoms with van der Waals surface area (Å²) >= 11 is 0. The molecule has 2 N–H and O–H groups in total. The molecule has 6 heteroatoms. The number of hydrogen-bond acceptors (Lipinski definition) is 5. The van der Waals surface area contributed by atoms with Gasteiger partial charge in [0.2, 0.25) is 0 Å². The summed E-state index contributed by atoms with van der Waals surface area (Å²) in [5, 5.41) is 23.7. The van der Waals surface area contributed by atoms with Gasteiger partial charge in [-0.25, -0.2) is 4.68 Å². The van der Waals surface area contributed by atoms with E-state index in [1.165, 1.54) is 5.56 Å². The van der Waals surface area contributed by atoms with Crippen molar-refractivity contribution < 1.29 is 9.84 Å². The summed E-state index contributed by atoms with van der Waals surface area (Å²) in [6.07, 6.45) is 3.29. The summed E-state index contributed by atoms with van der Waals surface area (Å²) in [6.45, 7) is 1.85. The molecule has 144 valence electrons. The highest BCUT2D eigenvalue weighted by atomic mass is 16.5. The van der Waals surface area contributed by atoms with Gasteiger partial charge >= 0.3 is 0 Å². The second-order valence-electron chi connectivity index (χ2n) is 7.70. The average molecular weight is 376 g/mol. The maximum absolute atomic E-state index is 11.5. The molecule has 1 aromatic heterocycles. The normalized spacial score (nSPS) is 22.9. The van der Waals surface area contributed by atoms with Gasteiger partial charge in [0.1, 0.15) is 17.5 Å². The zero-order chi connectivity index (χ0) is 19.1. The number of hydrogen-bond donors (Lipinski definition) is 2. The van der Waals surface area contributed by atoms with Crippen molar-refractivity contribution in [2.24, 2.45) is 0 Å². The van der Waals surface area contributed by atoms with E-state index >= 15 is 0 Å². The van der Waals surface area contributed by atoms with E-state index < -0.39 is 6.10 Å². The fourth-order valence-corrected chi connectivity index (χ4v) is 4.87. The van der Waals surface area contributed by atoms with E-state index in [9.17, 15) is 5.11 Å². The zero-order valence-electron chi connectivity index (χ0n) is 15.9. The lowest BCUT2D eigenvalue weighted by molar-refractivity contribution is 0.0421. The number of rotatable bonds is 3. The van der Waals surface area contributed by atoms with Crippen LogP contribution in [0.2, 0.25) is 0 Å². The van der Waals surface area contributed by atoms with E-state index in [2.05, 4.69) is 33.8 Å². The standard InChI is InChI=1S/C22H24N4O2/c1-28-16-8-6-15(7-9-16)19-14-26(25-24-19)20-17-4-2-3-5-18(17)22(21(20)27)10-12-23-13-11-22/h2-9,14,20-21,23,27H,10-13H2,1H3/t20-,21+/m1/s1. The predicted octanol–water partition coefficient (Wildman–Crippen LogP) is 2.54. The molecule has 1 spiro atoms. The SMILES string of the molecule is COc1ccc(-c2cn([C@@H]3c4ccccc4C4(CCNCC4)[C@H]3O)nn2)cc1. The molecule has 2 aromatic carbocycles. The van der Waals surface area contributed by atoms with Gasteiger partial charge in [0, 0.05) is 11.0 Å². The van der Waals surface area contributed by atoms with Crippen LogP contribution in [0.3, 0.4) is 0 Å². The second-order valence-corrected chi connectivity index (χ2v) is 7.70. The van der Waals surface area contributed by atoms with Gasteiger partial charge in [0.25, 0.3) is 0 Å². The summed E-state index contributed by atoms with van der Waals surface area (Å²) in [7, 11) is 1.65. The summed E-state index contributed by atoms with van der Waals surface area (Å²) in [4.78, 5) is 0. The van der Waals surface area contributed by atoms with Crippen molar-refractivity contribution in [1.29, 1.82) is 0 Å². The summed E-state index contributed by atoms with van der Waals surface area (Å²) in [5.74, 6) is 0.809. The highest BCUT2D eigenvalue weighted by Gasteiger charge is 2.52. The van der Waals surface area contributed by atoms with Gasteiger partial charge < -0.3 is 15.2 Å². The Bertz CT molecular complexity index is 976. The van der Waals surface area contributed by atoms with Crippen LogP contribution in [-0.2, 0) is 5.41 Å². The van der Waals surface area contributed by atoms with Gasteiger partial charge in [0.15, 0.2) is 0 Å². The third-order valence-corrected chi connectivity index (χ3v) is 6.36. The molecule has 1 aliphatic heterocycles. The largest absolute Gasteiger partial charge is 0.497 e. The number of methoxy groups -OCH3 is 1. The molecule has 6 nitrogen and oxygen atoms in total. The first-order valence-corrected chi connectivity index (χ1v) is 9.77. The van der Waals surface area contributed by atoms with Crippen LogP contribution in [0.5, 0.6) is 5.75 Å². The molecule has 1 saturated heterocycles. The Morgan fingerprint density at radius 2 is 1.86 bits per heavy atom. The minimum absolute atomic E-state index is 0.210. The predicted molar refractivity (Wildman–Crippen MR) is 106 cm³/mol. The maximum Gasteiger partial charge on any atom is 0.118 e. The van der Waals surface area contributed by atoms with Gasteiger partial charge in [-0.3, -0.25) is 0 Å². The van der Waals surface area contributed by atoms with Gasteiger partial charge in [-0.2, -0.15) is 0 Å². The van der Waals surface area contributed by atoms with Crippen LogP contribution in [-0.4, -0.2) is 46.4 Å². The molecule has 0 saturated carbocycles. The lowest BCUT2D eigenvalue weighted by Crippen LogP contribution is -2.47. The van der Waals surface area contributed by atoms with Crippen LogP contribution < -0.4 is 10.1 Å². The lowest BCUT2D eigenvalue weighted by atomic mass is 9.72. The number of aliphatic hydroxyl groups is 1. The fourth-order valence-electron chi connectivity index (χ4n) is 4.87. The Labute approximate surface area is 164 Å². The molecule has 0 radical (unpaired) electrons. The molecule has 2 heterocycles. The van der Waals surface area contributed by atoms with Crippen LogP contribution in [0, 0.1) is 0 Å². The molecule has 1 fully saturated rings. The number of aromatic nitrogens is 3. The van der Waals surface area contributed by atoms with E-state index in [0.29, 0.717) is 0 Å². The van der Waals surface area contributed by atoms with Crippen LogP contribution >= 0.6 is 0 Å². The van der Waals surface area contributed by atoms with Crippen LogP contribution in [0.1, 0.15) is 30.0 Å². The van der Waals surface area contributed by atoms with Crippen LogP contribution in [0.15, 0.2) is 54.7 Å². The average Bonchev–Trinajstić information content (AvgIpc) is 3.32. The van der Waals surface area contributed by atoms with Crippen molar-refractivity contribution in [2.75, 3.05) is 20.2 Å². The van der Waals surface area contributed by atoms with Gasteiger partial charge in [0.05, 0.1) is 19.4 Å². The fraction of sp³-hybridized carbons (Fsp3) is 0.364. The molecule has 2 aliphatic rings. The van der Waals surface area contributed by atoms with Crippen LogP contribution in [0.4, 0.5) is 0 Å². The van der Waals surface area contributed by atoms with E-state index in [1.54, 1.807) is 7.11 Å². The zero-order valence-corrected chi connectivity index (χ0v) is 15.9. The van der Waals surface area contributed by atoms with Gasteiger partial charge in [-0.15, -0.1) is 5.10 Å². The summed E-state index contributed by atoms with van der Waals surface area (Å²) < 4.78 is 7.06. The Morgan fingerprint density at radius 1 is 1.11 bits per heavy atom. The monoisotopic (exact) mass is 376 g/mol. The van der Waals surface area contributed by atoms with Gasteiger partial charge in [-0.1, -0.05) is 29.5 Å².